The Hall–Kier alpha value is -0.820. The van der Waals surface area contributed by atoms with E-state index in [-0.39, 0.29) is 6.10 Å². The minimum absolute atomic E-state index is 0.248. The monoisotopic (exact) mass is 218 g/mol. The lowest BCUT2D eigenvalue weighted by Gasteiger charge is -2.12. The average molecular weight is 218 g/mol. The molecule has 2 rings (SSSR count). The third-order valence-electron chi connectivity index (χ3n) is 3.51. The second-order valence-corrected chi connectivity index (χ2v) is 5.66. The summed E-state index contributed by atoms with van der Waals surface area (Å²) in [7, 11) is 0. The van der Waals surface area contributed by atoms with Crippen molar-refractivity contribution in [1.82, 2.24) is 0 Å². The van der Waals surface area contributed by atoms with E-state index in [2.05, 4.69) is 45.0 Å². The Morgan fingerprint density at radius 3 is 2.62 bits per heavy atom. The quantitative estimate of drug-likeness (QED) is 0.819. The summed E-state index contributed by atoms with van der Waals surface area (Å²) in [6.45, 7) is 6.67. The van der Waals surface area contributed by atoms with Gasteiger partial charge in [0.25, 0.3) is 0 Å². The number of benzene rings is 1. The van der Waals surface area contributed by atoms with Crippen molar-refractivity contribution in [2.24, 2.45) is 17.8 Å². The molecule has 0 heterocycles. The van der Waals surface area contributed by atoms with Gasteiger partial charge in [-0.3, -0.25) is 0 Å². The maximum Gasteiger partial charge on any atom is 0.0820 e. The van der Waals surface area contributed by atoms with Gasteiger partial charge in [0.15, 0.2) is 0 Å². The third-order valence-corrected chi connectivity index (χ3v) is 3.51. The van der Waals surface area contributed by atoms with Crippen LogP contribution in [-0.2, 0) is 6.42 Å². The molecule has 88 valence electrons. The molecule has 1 aliphatic rings. The van der Waals surface area contributed by atoms with Gasteiger partial charge in [0, 0.05) is 0 Å². The Bertz CT molecular complexity index is 356. The molecule has 0 aromatic heterocycles. The fraction of sp³-hybridized carbons (Fsp3) is 0.600. The summed E-state index contributed by atoms with van der Waals surface area (Å²) in [6.07, 6.45) is 2.03. The first-order valence-corrected chi connectivity index (χ1v) is 6.35. The standard InChI is InChI=1S/C15H22O/c1-10(2)7-12-5-4-6-13(9-12)15(16)14-8-11(14)3/h4-6,9-11,14-16H,7-8H2,1-3H3. The molecule has 1 aromatic rings. The molecule has 3 atom stereocenters. The lowest BCUT2D eigenvalue weighted by molar-refractivity contribution is 0.148. The van der Waals surface area contributed by atoms with Gasteiger partial charge in [-0.05, 0) is 41.7 Å². The molecule has 1 heteroatoms. The van der Waals surface area contributed by atoms with Gasteiger partial charge in [-0.1, -0.05) is 45.0 Å². The first kappa shape index (κ1) is 11.7. The summed E-state index contributed by atoms with van der Waals surface area (Å²) in [6, 6.07) is 8.46. The highest BCUT2D eigenvalue weighted by atomic mass is 16.3. The summed E-state index contributed by atoms with van der Waals surface area (Å²) in [4.78, 5) is 0. The molecule has 0 amide bonds. The van der Waals surface area contributed by atoms with E-state index in [1.54, 1.807) is 0 Å². The van der Waals surface area contributed by atoms with Crippen molar-refractivity contribution in [3.05, 3.63) is 35.4 Å². The van der Waals surface area contributed by atoms with Crippen LogP contribution in [0, 0.1) is 17.8 Å². The topological polar surface area (TPSA) is 20.2 Å². The minimum atomic E-state index is -0.248. The predicted octanol–water partition coefficient (Wildman–Crippen LogP) is 3.57. The van der Waals surface area contributed by atoms with E-state index in [0.717, 1.165) is 12.0 Å². The van der Waals surface area contributed by atoms with Gasteiger partial charge in [-0.15, -0.1) is 0 Å². The van der Waals surface area contributed by atoms with E-state index in [1.165, 1.54) is 12.0 Å². The van der Waals surface area contributed by atoms with E-state index in [9.17, 15) is 5.11 Å². The fourth-order valence-electron chi connectivity index (χ4n) is 2.41. The first-order valence-electron chi connectivity index (χ1n) is 6.35. The lowest BCUT2D eigenvalue weighted by atomic mass is 9.97. The van der Waals surface area contributed by atoms with E-state index in [4.69, 9.17) is 0 Å². The van der Waals surface area contributed by atoms with Crippen molar-refractivity contribution < 1.29 is 5.11 Å². The summed E-state index contributed by atoms with van der Waals surface area (Å²) >= 11 is 0. The van der Waals surface area contributed by atoms with Gasteiger partial charge in [0.05, 0.1) is 6.10 Å². The molecule has 1 N–H and O–H groups in total. The molecule has 1 nitrogen and oxygen atoms in total. The van der Waals surface area contributed by atoms with Crippen molar-refractivity contribution in [2.45, 2.75) is 39.7 Å². The summed E-state index contributed by atoms with van der Waals surface area (Å²) in [5.74, 6) is 1.87. The number of rotatable bonds is 4. The maximum atomic E-state index is 10.2. The molecule has 0 radical (unpaired) electrons. The molecular weight excluding hydrogens is 196 g/mol. The van der Waals surface area contributed by atoms with Gasteiger partial charge in [-0.25, -0.2) is 0 Å². The molecule has 0 bridgehead atoms. The second kappa shape index (κ2) is 4.58. The first-order chi connectivity index (χ1) is 7.58. The number of hydrogen-bond donors (Lipinski definition) is 1. The van der Waals surface area contributed by atoms with Crippen LogP contribution in [0.3, 0.4) is 0 Å². The highest BCUT2D eigenvalue weighted by Crippen LogP contribution is 2.46. The van der Waals surface area contributed by atoms with Crippen molar-refractivity contribution in [3.63, 3.8) is 0 Å². The van der Waals surface area contributed by atoms with Crippen LogP contribution >= 0.6 is 0 Å². The van der Waals surface area contributed by atoms with Crippen LogP contribution in [0.2, 0.25) is 0 Å². The predicted molar refractivity (Wildman–Crippen MR) is 67.2 cm³/mol. The molecule has 1 fully saturated rings. The minimum Gasteiger partial charge on any atom is -0.388 e. The van der Waals surface area contributed by atoms with Gasteiger partial charge in [0.2, 0.25) is 0 Å². The number of aliphatic hydroxyl groups excluding tert-OH is 1. The number of aliphatic hydroxyl groups is 1. The Morgan fingerprint density at radius 2 is 2.06 bits per heavy atom. The van der Waals surface area contributed by atoms with Gasteiger partial charge >= 0.3 is 0 Å². The SMILES string of the molecule is CC(C)Cc1cccc(C(O)C2CC2C)c1. The highest BCUT2D eigenvalue weighted by Gasteiger charge is 2.39. The Morgan fingerprint density at radius 1 is 1.38 bits per heavy atom. The van der Waals surface area contributed by atoms with Gasteiger partial charge < -0.3 is 5.11 Å². The van der Waals surface area contributed by atoms with E-state index in [0.29, 0.717) is 17.8 Å². The molecule has 1 aromatic carbocycles. The van der Waals surface area contributed by atoms with Crippen LogP contribution in [0.1, 0.15) is 44.4 Å². The smallest absolute Gasteiger partial charge is 0.0820 e. The third kappa shape index (κ3) is 2.65. The van der Waals surface area contributed by atoms with Crippen molar-refractivity contribution in [3.8, 4) is 0 Å². The Balaban J connectivity index is 2.09. The number of hydrogen-bond acceptors (Lipinski definition) is 1. The summed E-state index contributed by atoms with van der Waals surface area (Å²) < 4.78 is 0. The molecule has 3 unspecified atom stereocenters. The van der Waals surface area contributed by atoms with E-state index in [1.807, 2.05) is 0 Å². The molecule has 1 saturated carbocycles. The van der Waals surface area contributed by atoms with Crippen LogP contribution in [0.5, 0.6) is 0 Å². The largest absolute Gasteiger partial charge is 0.388 e. The van der Waals surface area contributed by atoms with Gasteiger partial charge in [-0.2, -0.15) is 0 Å². The second-order valence-electron chi connectivity index (χ2n) is 5.66. The van der Waals surface area contributed by atoms with Crippen molar-refractivity contribution in [2.75, 3.05) is 0 Å². The normalized spacial score (nSPS) is 25.8. The molecule has 1 aliphatic carbocycles. The van der Waals surface area contributed by atoms with Crippen molar-refractivity contribution in [1.29, 1.82) is 0 Å². The zero-order valence-corrected chi connectivity index (χ0v) is 10.5. The van der Waals surface area contributed by atoms with Crippen LogP contribution in [0.15, 0.2) is 24.3 Å². The lowest BCUT2D eigenvalue weighted by Crippen LogP contribution is -2.02. The Kier molecular flexibility index (Phi) is 3.34. The summed E-state index contributed by atoms with van der Waals surface area (Å²) in [5.41, 5.74) is 2.45. The van der Waals surface area contributed by atoms with Crippen LogP contribution in [0.25, 0.3) is 0 Å². The van der Waals surface area contributed by atoms with Crippen molar-refractivity contribution >= 4 is 0 Å². The molecular formula is C15H22O. The van der Waals surface area contributed by atoms with E-state index < -0.39 is 0 Å². The van der Waals surface area contributed by atoms with Gasteiger partial charge in [0.1, 0.15) is 0 Å². The van der Waals surface area contributed by atoms with Crippen LogP contribution in [0.4, 0.5) is 0 Å². The maximum absolute atomic E-state index is 10.2. The fourth-order valence-corrected chi connectivity index (χ4v) is 2.41. The van der Waals surface area contributed by atoms with E-state index >= 15 is 0 Å². The summed E-state index contributed by atoms with van der Waals surface area (Å²) in [5, 5.41) is 10.2. The molecule has 0 spiro atoms. The van der Waals surface area contributed by atoms with Crippen LogP contribution < -0.4 is 0 Å². The molecule has 0 saturated heterocycles. The van der Waals surface area contributed by atoms with Crippen LogP contribution in [-0.4, -0.2) is 5.11 Å². The Labute approximate surface area is 98.5 Å². The molecule has 0 aliphatic heterocycles. The molecule has 16 heavy (non-hydrogen) atoms. The zero-order chi connectivity index (χ0) is 11.7. The zero-order valence-electron chi connectivity index (χ0n) is 10.5. The highest BCUT2D eigenvalue weighted by molar-refractivity contribution is 5.26. The average Bonchev–Trinajstić information content (AvgIpc) is 2.94.